The number of hydrogen-bond donors (Lipinski definition) is 2. The molecule has 0 saturated heterocycles. The molecule has 22 heavy (non-hydrogen) atoms. The van der Waals surface area contributed by atoms with Gasteiger partial charge >= 0.3 is 0 Å². The van der Waals surface area contributed by atoms with Crippen molar-refractivity contribution in [1.82, 2.24) is 10.2 Å². The van der Waals surface area contributed by atoms with E-state index < -0.39 is 0 Å². The highest BCUT2D eigenvalue weighted by atomic mass is 16.5. The number of benzene rings is 1. The number of phenols is 1. The molecule has 1 aliphatic rings. The van der Waals surface area contributed by atoms with E-state index >= 15 is 0 Å². The van der Waals surface area contributed by atoms with Gasteiger partial charge in [0.15, 0.2) is 5.96 Å². The standard InChI is InChI=1S/C17H27N3O2/c1-3-18-17(19-12-15-5-4-6-16(21)11-15)20(2)9-10-22-13-14-7-8-14/h4-6,11,14,21H,3,7-10,12-13H2,1-2H3,(H,18,19). The van der Waals surface area contributed by atoms with Gasteiger partial charge < -0.3 is 20.1 Å². The first kappa shape index (κ1) is 16.6. The van der Waals surface area contributed by atoms with Gasteiger partial charge in [0.1, 0.15) is 5.75 Å². The molecule has 1 fully saturated rings. The largest absolute Gasteiger partial charge is 0.508 e. The quantitative estimate of drug-likeness (QED) is 0.439. The van der Waals surface area contributed by atoms with Gasteiger partial charge in [-0.05, 0) is 43.4 Å². The van der Waals surface area contributed by atoms with E-state index in [2.05, 4.69) is 22.1 Å². The maximum atomic E-state index is 9.49. The van der Waals surface area contributed by atoms with Crippen LogP contribution in [0.25, 0.3) is 0 Å². The molecule has 0 atom stereocenters. The third-order valence-corrected chi connectivity index (χ3v) is 3.64. The van der Waals surface area contributed by atoms with Gasteiger partial charge in [-0.3, -0.25) is 0 Å². The van der Waals surface area contributed by atoms with E-state index in [0.29, 0.717) is 6.54 Å². The minimum Gasteiger partial charge on any atom is -0.508 e. The molecule has 2 rings (SSSR count). The molecule has 0 aliphatic heterocycles. The lowest BCUT2D eigenvalue weighted by Crippen LogP contribution is -2.40. The number of phenolic OH excluding ortho intramolecular Hbond substituents is 1. The fourth-order valence-corrected chi connectivity index (χ4v) is 2.13. The smallest absolute Gasteiger partial charge is 0.194 e. The lowest BCUT2D eigenvalue weighted by molar-refractivity contribution is 0.115. The molecule has 5 nitrogen and oxygen atoms in total. The highest BCUT2D eigenvalue weighted by Gasteiger charge is 2.21. The molecule has 0 spiro atoms. The van der Waals surface area contributed by atoms with E-state index in [-0.39, 0.29) is 5.75 Å². The van der Waals surface area contributed by atoms with Crippen molar-refractivity contribution in [3.8, 4) is 5.75 Å². The van der Waals surface area contributed by atoms with E-state index in [0.717, 1.165) is 43.7 Å². The van der Waals surface area contributed by atoms with Gasteiger partial charge in [-0.25, -0.2) is 4.99 Å². The lowest BCUT2D eigenvalue weighted by Gasteiger charge is -2.22. The number of hydrogen-bond acceptors (Lipinski definition) is 3. The van der Waals surface area contributed by atoms with E-state index in [1.807, 2.05) is 19.2 Å². The monoisotopic (exact) mass is 305 g/mol. The maximum Gasteiger partial charge on any atom is 0.194 e. The molecular weight excluding hydrogens is 278 g/mol. The van der Waals surface area contributed by atoms with Crippen LogP contribution in [0, 0.1) is 5.92 Å². The van der Waals surface area contributed by atoms with E-state index in [1.54, 1.807) is 12.1 Å². The summed E-state index contributed by atoms with van der Waals surface area (Å²) in [7, 11) is 2.02. The third kappa shape index (κ3) is 5.93. The average Bonchev–Trinajstić information content (AvgIpc) is 3.32. The van der Waals surface area contributed by atoms with Gasteiger partial charge in [0, 0.05) is 26.7 Å². The van der Waals surface area contributed by atoms with Gasteiger partial charge in [0.05, 0.1) is 13.2 Å². The summed E-state index contributed by atoms with van der Waals surface area (Å²) in [6.07, 6.45) is 2.65. The number of nitrogens with one attached hydrogen (secondary N) is 1. The summed E-state index contributed by atoms with van der Waals surface area (Å²) in [6, 6.07) is 7.21. The molecule has 0 radical (unpaired) electrons. The zero-order valence-electron chi connectivity index (χ0n) is 13.6. The molecular formula is C17H27N3O2. The van der Waals surface area contributed by atoms with Crippen molar-refractivity contribution in [1.29, 1.82) is 0 Å². The summed E-state index contributed by atoms with van der Waals surface area (Å²) in [5.74, 6) is 1.94. The summed E-state index contributed by atoms with van der Waals surface area (Å²) in [5.41, 5.74) is 0.994. The van der Waals surface area contributed by atoms with Crippen LogP contribution in [-0.4, -0.2) is 49.3 Å². The third-order valence-electron chi connectivity index (χ3n) is 3.64. The Labute approximate surface area is 133 Å². The number of aromatic hydroxyl groups is 1. The number of nitrogens with zero attached hydrogens (tertiary/aromatic N) is 2. The maximum absolute atomic E-state index is 9.49. The van der Waals surface area contributed by atoms with E-state index in [1.165, 1.54) is 12.8 Å². The van der Waals surface area contributed by atoms with Crippen LogP contribution in [0.4, 0.5) is 0 Å². The minimum absolute atomic E-state index is 0.277. The van der Waals surface area contributed by atoms with Gasteiger partial charge in [0.2, 0.25) is 0 Å². The van der Waals surface area contributed by atoms with Gasteiger partial charge in [-0.15, -0.1) is 0 Å². The molecule has 0 aromatic heterocycles. The topological polar surface area (TPSA) is 57.1 Å². The molecule has 1 aromatic rings. The van der Waals surface area contributed by atoms with Crippen molar-refractivity contribution in [2.24, 2.45) is 10.9 Å². The summed E-state index contributed by atoms with van der Waals surface area (Å²) in [6.45, 7) is 5.87. The Kier molecular flexibility index (Phi) is 6.52. The van der Waals surface area contributed by atoms with Crippen LogP contribution in [0.2, 0.25) is 0 Å². The van der Waals surface area contributed by atoms with Crippen molar-refractivity contribution < 1.29 is 9.84 Å². The molecule has 0 bridgehead atoms. The molecule has 0 unspecified atom stereocenters. The minimum atomic E-state index is 0.277. The summed E-state index contributed by atoms with van der Waals surface area (Å²) < 4.78 is 5.68. The second-order valence-electron chi connectivity index (χ2n) is 5.78. The van der Waals surface area contributed by atoms with Gasteiger partial charge in [-0.1, -0.05) is 12.1 Å². The highest BCUT2D eigenvalue weighted by molar-refractivity contribution is 5.79. The average molecular weight is 305 g/mol. The second kappa shape index (κ2) is 8.63. The fourth-order valence-electron chi connectivity index (χ4n) is 2.13. The zero-order chi connectivity index (χ0) is 15.8. The normalized spacial score (nSPS) is 14.9. The van der Waals surface area contributed by atoms with Gasteiger partial charge in [-0.2, -0.15) is 0 Å². The molecule has 1 aliphatic carbocycles. The first-order valence-corrected chi connectivity index (χ1v) is 8.04. The van der Waals surface area contributed by atoms with Crippen LogP contribution in [-0.2, 0) is 11.3 Å². The first-order chi connectivity index (χ1) is 10.7. The van der Waals surface area contributed by atoms with Gasteiger partial charge in [0.25, 0.3) is 0 Å². The Morgan fingerprint density at radius 3 is 2.95 bits per heavy atom. The van der Waals surface area contributed by atoms with Crippen molar-refractivity contribution >= 4 is 5.96 Å². The molecule has 2 N–H and O–H groups in total. The molecule has 122 valence electrons. The molecule has 0 amide bonds. The van der Waals surface area contributed by atoms with Crippen molar-refractivity contribution in [3.63, 3.8) is 0 Å². The number of aliphatic imine (C=N–C) groups is 1. The first-order valence-electron chi connectivity index (χ1n) is 8.04. The lowest BCUT2D eigenvalue weighted by atomic mass is 10.2. The van der Waals surface area contributed by atoms with Crippen molar-refractivity contribution in [2.75, 3.05) is 33.4 Å². The number of guanidine groups is 1. The molecule has 5 heteroatoms. The van der Waals surface area contributed by atoms with Crippen LogP contribution >= 0.6 is 0 Å². The number of likely N-dealkylation sites (N-methyl/N-ethyl adjacent to an activating group) is 1. The Morgan fingerprint density at radius 2 is 2.27 bits per heavy atom. The predicted molar refractivity (Wildman–Crippen MR) is 89.1 cm³/mol. The number of rotatable bonds is 8. The van der Waals surface area contributed by atoms with Crippen LogP contribution in [0.3, 0.4) is 0 Å². The molecule has 1 saturated carbocycles. The zero-order valence-corrected chi connectivity index (χ0v) is 13.6. The van der Waals surface area contributed by atoms with Crippen LogP contribution in [0.5, 0.6) is 5.75 Å². The summed E-state index contributed by atoms with van der Waals surface area (Å²) in [4.78, 5) is 6.70. The van der Waals surface area contributed by atoms with E-state index in [9.17, 15) is 5.11 Å². The Bertz CT molecular complexity index is 487. The van der Waals surface area contributed by atoms with Crippen LogP contribution in [0.1, 0.15) is 25.3 Å². The Hall–Kier alpha value is -1.75. The fraction of sp³-hybridized carbons (Fsp3) is 0.588. The van der Waals surface area contributed by atoms with Crippen molar-refractivity contribution in [2.45, 2.75) is 26.3 Å². The number of ether oxygens (including phenoxy) is 1. The van der Waals surface area contributed by atoms with E-state index in [4.69, 9.17) is 4.74 Å². The van der Waals surface area contributed by atoms with Crippen LogP contribution in [0.15, 0.2) is 29.3 Å². The second-order valence-corrected chi connectivity index (χ2v) is 5.78. The SMILES string of the molecule is CCNC(=NCc1cccc(O)c1)N(C)CCOCC1CC1. The predicted octanol–water partition coefficient (Wildman–Crippen LogP) is 2.22. The Morgan fingerprint density at radius 1 is 1.45 bits per heavy atom. The molecule has 0 heterocycles. The molecule has 1 aromatic carbocycles. The van der Waals surface area contributed by atoms with Crippen molar-refractivity contribution in [3.05, 3.63) is 29.8 Å². The summed E-state index contributed by atoms with van der Waals surface area (Å²) in [5, 5.41) is 12.8. The summed E-state index contributed by atoms with van der Waals surface area (Å²) >= 11 is 0. The van der Waals surface area contributed by atoms with Crippen LogP contribution < -0.4 is 5.32 Å². The Balaban J connectivity index is 1.81. The highest BCUT2D eigenvalue weighted by Crippen LogP contribution is 2.28.